The summed E-state index contributed by atoms with van der Waals surface area (Å²) in [4.78, 5) is 27.9. The molecule has 33 heavy (non-hydrogen) atoms. The molecule has 1 saturated heterocycles. The summed E-state index contributed by atoms with van der Waals surface area (Å²) < 4.78 is 24.4. The molecule has 1 aliphatic heterocycles. The van der Waals surface area contributed by atoms with Crippen molar-refractivity contribution in [2.75, 3.05) is 16.8 Å². The number of aryl methyl sites for hydroxylation is 1. The summed E-state index contributed by atoms with van der Waals surface area (Å²) in [7, 11) is -3.12. The third-order valence-electron chi connectivity index (χ3n) is 6.01. The summed E-state index contributed by atoms with van der Waals surface area (Å²) in [5.41, 5.74) is 1.40. The van der Waals surface area contributed by atoms with E-state index in [2.05, 4.69) is 10.6 Å². The van der Waals surface area contributed by atoms with Crippen LogP contribution in [0.4, 0.5) is 5.00 Å². The zero-order valence-electron chi connectivity index (χ0n) is 17.4. The van der Waals surface area contributed by atoms with E-state index < -0.39 is 21.8 Å². The lowest BCUT2D eigenvalue weighted by Gasteiger charge is -2.15. The van der Waals surface area contributed by atoms with Gasteiger partial charge in [-0.25, -0.2) is 8.42 Å². The van der Waals surface area contributed by atoms with Gasteiger partial charge in [0.15, 0.2) is 9.84 Å². The second kappa shape index (κ2) is 8.85. The van der Waals surface area contributed by atoms with Crippen molar-refractivity contribution < 1.29 is 18.0 Å². The summed E-state index contributed by atoms with van der Waals surface area (Å²) in [5.74, 6) is -0.702. The van der Waals surface area contributed by atoms with Gasteiger partial charge in [0, 0.05) is 21.0 Å². The predicted molar refractivity (Wildman–Crippen MR) is 135 cm³/mol. The highest BCUT2D eigenvalue weighted by molar-refractivity contribution is 7.91. The lowest BCUT2D eigenvalue weighted by molar-refractivity contribution is 0.0941. The normalized spacial score (nSPS) is 19.4. The quantitative estimate of drug-likeness (QED) is 0.466. The smallest absolute Gasteiger partial charge is 0.267 e. The number of fused-ring (bicyclic) bond motifs is 2. The molecule has 2 aliphatic rings. The number of rotatable bonds is 4. The van der Waals surface area contributed by atoms with E-state index in [0.717, 1.165) is 40.8 Å². The number of anilines is 1. The SMILES string of the molecule is O=C(Nc1sc2c(c1C(=O)N[C@H]1CCS(=O)(=O)C1)CCCC2)c1sc2cccc(Cl)c2c1Cl. The minimum atomic E-state index is -3.12. The van der Waals surface area contributed by atoms with Gasteiger partial charge in [-0.15, -0.1) is 22.7 Å². The zero-order chi connectivity index (χ0) is 23.3. The van der Waals surface area contributed by atoms with Crippen LogP contribution in [0.3, 0.4) is 0 Å². The summed E-state index contributed by atoms with van der Waals surface area (Å²) in [6.07, 6.45) is 4.01. The summed E-state index contributed by atoms with van der Waals surface area (Å²) in [6.45, 7) is 0. The van der Waals surface area contributed by atoms with Crippen molar-refractivity contribution in [2.24, 2.45) is 0 Å². The zero-order valence-corrected chi connectivity index (χ0v) is 21.3. The summed E-state index contributed by atoms with van der Waals surface area (Å²) >= 11 is 15.4. The number of sulfone groups is 1. The second-order valence-corrected chi connectivity index (χ2v) is 13.5. The highest BCUT2D eigenvalue weighted by Gasteiger charge is 2.32. The van der Waals surface area contributed by atoms with Gasteiger partial charge in [0.05, 0.1) is 27.1 Å². The first-order valence-electron chi connectivity index (χ1n) is 10.6. The fourth-order valence-electron chi connectivity index (χ4n) is 4.44. The van der Waals surface area contributed by atoms with Crippen molar-refractivity contribution in [3.63, 3.8) is 0 Å². The number of halogens is 2. The van der Waals surface area contributed by atoms with Crippen LogP contribution < -0.4 is 10.6 Å². The van der Waals surface area contributed by atoms with E-state index in [1.54, 1.807) is 12.1 Å². The molecule has 1 atom stereocenters. The van der Waals surface area contributed by atoms with E-state index in [1.165, 1.54) is 22.7 Å². The van der Waals surface area contributed by atoms with Gasteiger partial charge in [-0.05, 0) is 49.8 Å². The Bertz CT molecular complexity index is 1390. The Balaban J connectivity index is 1.47. The second-order valence-electron chi connectivity index (χ2n) is 8.30. The molecule has 3 aromatic rings. The Morgan fingerprint density at radius 1 is 1.06 bits per heavy atom. The molecule has 2 N–H and O–H groups in total. The van der Waals surface area contributed by atoms with Crippen LogP contribution in [-0.4, -0.2) is 37.8 Å². The molecular weight excluding hydrogens is 523 g/mol. The fourth-order valence-corrected chi connectivity index (χ4v) is 9.24. The molecule has 1 aliphatic carbocycles. The lowest BCUT2D eigenvalue weighted by atomic mass is 9.95. The van der Waals surface area contributed by atoms with E-state index in [4.69, 9.17) is 23.2 Å². The first kappa shape index (κ1) is 23.1. The molecular formula is C22H20Cl2N2O4S3. The van der Waals surface area contributed by atoms with Gasteiger partial charge in [0.25, 0.3) is 11.8 Å². The maximum Gasteiger partial charge on any atom is 0.267 e. The number of benzene rings is 1. The topological polar surface area (TPSA) is 92.3 Å². The van der Waals surface area contributed by atoms with Gasteiger partial charge in [0.2, 0.25) is 0 Å². The van der Waals surface area contributed by atoms with Gasteiger partial charge >= 0.3 is 0 Å². The molecule has 0 spiro atoms. The number of nitrogens with one attached hydrogen (secondary N) is 2. The van der Waals surface area contributed by atoms with Crippen LogP contribution >= 0.6 is 45.9 Å². The fraction of sp³-hybridized carbons (Fsp3) is 0.364. The van der Waals surface area contributed by atoms with Crippen LogP contribution in [0.5, 0.6) is 0 Å². The van der Waals surface area contributed by atoms with Crippen molar-refractivity contribution in [3.8, 4) is 0 Å². The van der Waals surface area contributed by atoms with Crippen LogP contribution in [-0.2, 0) is 22.7 Å². The molecule has 6 nitrogen and oxygen atoms in total. The van der Waals surface area contributed by atoms with Crippen molar-refractivity contribution in [3.05, 3.63) is 49.1 Å². The number of carbonyl (C=O) groups is 2. The van der Waals surface area contributed by atoms with Crippen LogP contribution in [0.1, 0.15) is 49.7 Å². The number of thiophene rings is 2. The van der Waals surface area contributed by atoms with Crippen molar-refractivity contribution in [1.82, 2.24) is 5.32 Å². The third-order valence-corrected chi connectivity index (χ3v) is 10.9. The van der Waals surface area contributed by atoms with Gasteiger partial charge < -0.3 is 10.6 Å². The molecule has 5 rings (SSSR count). The van der Waals surface area contributed by atoms with Crippen LogP contribution in [0.15, 0.2) is 18.2 Å². The largest absolute Gasteiger partial charge is 0.348 e. The monoisotopic (exact) mass is 542 g/mol. The third kappa shape index (κ3) is 4.41. The number of amides is 2. The molecule has 11 heteroatoms. The molecule has 1 aromatic carbocycles. The van der Waals surface area contributed by atoms with E-state index in [9.17, 15) is 18.0 Å². The minimum Gasteiger partial charge on any atom is -0.348 e. The standard InChI is InChI=1S/C22H20Cl2N2O4S3/c23-13-5-3-7-15-17(13)18(24)19(31-15)21(28)26-22-16(12-4-1-2-6-14(12)32-22)20(27)25-11-8-9-33(29,30)10-11/h3,5,7,11H,1-2,4,6,8-10H2,(H,25,27)(H,26,28)/t11-/m0/s1. The van der Waals surface area contributed by atoms with Gasteiger partial charge in [-0.1, -0.05) is 29.3 Å². The maximum absolute atomic E-state index is 13.2. The summed E-state index contributed by atoms with van der Waals surface area (Å²) in [5, 5.41) is 7.68. The van der Waals surface area contributed by atoms with Crippen LogP contribution in [0.25, 0.3) is 10.1 Å². The molecule has 2 amide bonds. The van der Waals surface area contributed by atoms with E-state index in [-0.39, 0.29) is 17.4 Å². The van der Waals surface area contributed by atoms with Crippen molar-refractivity contribution in [1.29, 1.82) is 0 Å². The average Bonchev–Trinajstić information content (AvgIpc) is 3.41. The van der Waals surface area contributed by atoms with E-state index >= 15 is 0 Å². The van der Waals surface area contributed by atoms with Gasteiger partial charge in [0.1, 0.15) is 9.88 Å². The summed E-state index contributed by atoms with van der Waals surface area (Å²) in [6, 6.07) is 4.97. The Morgan fingerprint density at radius 3 is 2.58 bits per heavy atom. The van der Waals surface area contributed by atoms with E-state index in [0.29, 0.717) is 37.3 Å². The molecule has 174 valence electrons. The molecule has 1 fully saturated rings. The average molecular weight is 544 g/mol. The molecule has 0 radical (unpaired) electrons. The number of carbonyl (C=O) groups excluding carboxylic acids is 2. The van der Waals surface area contributed by atoms with Gasteiger partial charge in [-0.2, -0.15) is 0 Å². The van der Waals surface area contributed by atoms with Crippen molar-refractivity contribution >= 4 is 82.6 Å². The Morgan fingerprint density at radius 2 is 1.85 bits per heavy atom. The van der Waals surface area contributed by atoms with Crippen molar-refractivity contribution in [2.45, 2.75) is 38.1 Å². The molecule has 2 aromatic heterocycles. The van der Waals surface area contributed by atoms with Crippen LogP contribution in [0.2, 0.25) is 10.0 Å². The Hall–Kier alpha value is -1.65. The molecule has 0 saturated carbocycles. The molecule has 3 heterocycles. The highest BCUT2D eigenvalue weighted by atomic mass is 35.5. The van der Waals surface area contributed by atoms with Crippen LogP contribution in [0, 0.1) is 0 Å². The minimum absolute atomic E-state index is 0.0507. The maximum atomic E-state index is 13.2. The Kier molecular flexibility index (Phi) is 6.20. The lowest BCUT2D eigenvalue weighted by Crippen LogP contribution is -2.36. The van der Waals surface area contributed by atoms with Gasteiger partial charge in [-0.3, -0.25) is 9.59 Å². The highest BCUT2D eigenvalue weighted by Crippen LogP contribution is 2.42. The number of hydrogen-bond donors (Lipinski definition) is 2. The Labute approximate surface area is 209 Å². The predicted octanol–water partition coefficient (Wildman–Crippen LogP) is 5.32. The number of hydrogen-bond acceptors (Lipinski definition) is 6. The molecule has 0 unspecified atom stereocenters. The first-order chi connectivity index (χ1) is 15.7. The molecule has 0 bridgehead atoms. The first-order valence-corrected chi connectivity index (χ1v) is 14.8. The van der Waals surface area contributed by atoms with E-state index in [1.807, 2.05) is 6.07 Å².